The summed E-state index contributed by atoms with van der Waals surface area (Å²) in [6.07, 6.45) is 0. The minimum absolute atomic E-state index is 0.142. The van der Waals surface area contributed by atoms with Gasteiger partial charge in [-0.1, -0.05) is 29.8 Å². The molecule has 3 aromatic rings. The summed E-state index contributed by atoms with van der Waals surface area (Å²) in [5, 5.41) is 5.41. The number of rotatable bonds is 6. The number of imide groups is 1. The fourth-order valence-corrected chi connectivity index (χ4v) is 4.08. The summed E-state index contributed by atoms with van der Waals surface area (Å²) in [4.78, 5) is 51.4. The zero-order chi connectivity index (χ0) is 26.0. The lowest BCUT2D eigenvalue weighted by atomic mass is 10.1. The largest absolute Gasteiger partial charge is 0.465 e. The lowest BCUT2D eigenvalue weighted by molar-refractivity contribution is -0.120. The minimum Gasteiger partial charge on any atom is -0.465 e. The molecule has 0 unspecified atom stereocenters. The second kappa shape index (κ2) is 10.1. The predicted octanol–water partition coefficient (Wildman–Crippen LogP) is 4.78. The summed E-state index contributed by atoms with van der Waals surface area (Å²) in [5.41, 5.74) is 3.65. The van der Waals surface area contributed by atoms with Crippen molar-refractivity contribution in [3.05, 3.63) is 99.7 Å². The van der Waals surface area contributed by atoms with Gasteiger partial charge in [0.1, 0.15) is 10.7 Å². The minimum atomic E-state index is -0.741. The Bertz CT molecular complexity index is 1430. The summed E-state index contributed by atoms with van der Waals surface area (Å²) in [6.45, 7) is 3.89. The van der Waals surface area contributed by atoms with Gasteiger partial charge < -0.3 is 15.4 Å². The van der Waals surface area contributed by atoms with Gasteiger partial charge in [0.15, 0.2) is 0 Å². The van der Waals surface area contributed by atoms with Gasteiger partial charge in [0, 0.05) is 16.9 Å². The Hall–Kier alpha value is -4.43. The topological polar surface area (TPSA) is 105 Å². The van der Waals surface area contributed by atoms with Crippen LogP contribution in [0.2, 0.25) is 0 Å². The second-order valence-electron chi connectivity index (χ2n) is 8.21. The van der Waals surface area contributed by atoms with E-state index in [0.717, 1.165) is 16.0 Å². The third kappa shape index (κ3) is 4.99. The first-order valence-electron chi connectivity index (χ1n) is 10.9. The molecule has 1 heterocycles. The molecule has 1 aliphatic rings. The Morgan fingerprint density at radius 3 is 2.19 bits per heavy atom. The summed E-state index contributed by atoms with van der Waals surface area (Å²) in [5.74, 6) is -2.38. The number of nitrogens with one attached hydrogen (secondary N) is 2. The molecule has 0 bridgehead atoms. The number of ether oxygens (including phenoxy) is 1. The number of anilines is 3. The molecule has 182 valence electrons. The van der Waals surface area contributed by atoms with E-state index in [1.165, 1.54) is 31.4 Å². The summed E-state index contributed by atoms with van der Waals surface area (Å²) < 4.78 is 4.70. The van der Waals surface area contributed by atoms with E-state index in [9.17, 15) is 19.2 Å². The normalized spacial score (nSPS) is 13.2. The van der Waals surface area contributed by atoms with Crippen LogP contribution in [0.25, 0.3) is 0 Å². The van der Waals surface area contributed by atoms with E-state index in [1.54, 1.807) is 24.3 Å². The molecule has 1 aliphatic heterocycles. The number of methoxy groups -OCH3 is 1. The van der Waals surface area contributed by atoms with E-state index < -0.39 is 17.8 Å². The number of halogens is 1. The number of hydrogen-bond donors (Lipinski definition) is 2. The van der Waals surface area contributed by atoms with Crippen molar-refractivity contribution in [2.24, 2.45) is 0 Å². The summed E-state index contributed by atoms with van der Waals surface area (Å²) in [6, 6.07) is 18.1. The molecule has 0 atom stereocenters. The van der Waals surface area contributed by atoms with Crippen LogP contribution in [0.3, 0.4) is 0 Å². The van der Waals surface area contributed by atoms with Gasteiger partial charge in [-0.05, 0) is 73.5 Å². The second-order valence-corrected chi connectivity index (χ2v) is 8.59. The first-order valence-corrected chi connectivity index (χ1v) is 11.3. The van der Waals surface area contributed by atoms with Gasteiger partial charge in [0.2, 0.25) is 0 Å². The molecule has 4 rings (SSSR count). The lowest BCUT2D eigenvalue weighted by Gasteiger charge is -2.16. The van der Waals surface area contributed by atoms with Crippen LogP contribution in [0.15, 0.2) is 77.5 Å². The Morgan fingerprint density at radius 2 is 1.50 bits per heavy atom. The first kappa shape index (κ1) is 24.7. The summed E-state index contributed by atoms with van der Waals surface area (Å²) >= 11 is 6.22. The zero-order valence-corrected chi connectivity index (χ0v) is 20.5. The van der Waals surface area contributed by atoms with Gasteiger partial charge in [-0.15, -0.1) is 0 Å². The van der Waals surface area contributed by atoms with Crippen molar-refractivity contribution in [2.45, 2.75) is 13.8 Å². The van der Waals surface area contributed by atoms with Crippen molar-refractivity contribution in [3.8, 4) is 0 Å². The number of carbonyl (C=O) groups excluding carboxylic acids is 4. The van der Waals surface area contributed by atoms with Crippen molar-refractivity contribution in [1.82, 2.24) is 0 Å². The number of amides is 3. The fourth-order valence-electron chi connectivity index (χ4n) is 3.87. The zero-order valence-electron chi connectivity index (χ0n) is 19.7. The third-order valence-corrected chi connectivity index (χ3v) is 5.78. The molecular weight excluding hydrogens is 482 g/mol. The quantitative estimate of drug-likeness (QED) is 0.370. The van der Waals surface area contributed by atoms with E-state index in [2.05, 4.69) is 10.6 Å². The third-order valence-electron chi connectivity index (χ3n) is 5.43. The van der Waals surface area contributed by atoms with Crippen LogP contribution in [0.4, 0.5) is 17.1 Å². The van der Waals surface area contributed by atoms with Crippen LogP contribution in [-0.2, 0) is 14.3 Å². The van der Waals surface area contributed by atoms with E-state index in [0.29, 0.717) is 16.9 Å². The van der Waals surface area contributed by atoms with Crippen molar-refractivity contribution >= 4 is 52.4 Å². The number of benzene rings is 3. The number of nitrogens with zero attached hydrogens (tertiary/aromatic N) is 1. The first-order chi connectivity index (χ1) is 17.2. The van der Waals surface area contributed by atoms with E-state index >= 15 is 0 Å². The van der Waals surface area contributed by atoms with Crippen molar-refractivity contribution in [1.29, 1.82) is 0 Å². The molecule has 0 aromatic heterocycles. The van der Waals surface area contributed by atoms with Gasteiger partial charge >= 0.3 is 5.97 Å². The molecule has 9 heteroatoms. The van der Waals surface area contributed by atoms with Crippen LogP contribution >= 0.6 is 11.6 Å². The Balaban J connectivity index is 1.55. The van der Waals surface area contributed by atoms with Crippen molar-refractivity contribution in [2.75, 3.05) is 22.6 Å². The number of esters is 1. The highest BCUT2D eigenvalue weighted by atomic mass is 35.5. The molecule has 0 radical (unpaired) electrons. The highest BCUT2D eigenvalue weighted by Gasteiger charge is 2.39. The SMILES string of the molecule is COC(=O)c1cccc(N2C(=O)C(Cl)=C(Nc3cccc(C(=O)Nc4cc(C)cc(C)c4)c3)C2=O)c1. The smallest absolute Gasteiger partial charge is 0.337 e. The van der Waals surface area contributed by atoms with Crippen LogP contribution in [0.5, 0.6) is 0 Å². The molecule has 0 saturated heterocycles. The van der Waals surface area contributed by atoms with Gasteiger partial charge in [-0.25, -0.2) is 9.69 Å². The lowest BCUT2D eigenvalue weighted by Crippen LogP contribution is -2.32. The molecular formula is C27H22ClN3O5. The van der Waals surface area contributed by atoms with Crippen molar-refractivity contribution < 1.29 is 23.9 Å². The maximum absolute atomic E-state index is 13.1. The van der Waals surface area contributed by atoms with E-state index in [-0.39, 0.29) is 27.9 Å². The van der Waals surface area contributed by atoms with E-state index in [4.69, 9.17) is 16.3 Å². The van der Waals surface area contributed by atoms with Crippen LogP contribution < -0.4 is 15.5 Å². The number of hydrogen-bond acceptors (Lipinski definition) is 6. The molecule has 2 N–H and O–H groups in total. The van der Waals surface area contributed by atoms with Gasteiger partial charge in [0.05, 0.1) is 18.4 Å². The average molecular weight is 504 g/mol. The monoisotopic (exact) mass is 503 g/mol. The Morgan fingerprint density at radius 1 is 0.833 bits per heavy atom. The maximum atomic E-state index is 13.1. The molecule has 0 aliphatic carbocycles. The molecule has 36 heavy (non-hydrogen) atoms. The van der Waals surface area contributed by atoms with Gasteiger partial charge in [0.25, 0.3) is 17.7 Å². The standard InChI is InChI=1S/C27H22ClN3O5/c1-15-10-16(2)12-20(11-15)30-24(32)17-6-4-8-19(13-17)29-23-22(28)25(33)31(26(23)34)21-9-5-7-18(14-21)27(35)36-3/h4-14,29H,1-3H3,(H,30,32). The van der Waals surface area contributed by atoms with E-state index in [1.807, 2.05) is 32.0 Å². The maximum Gasteiger partial charge on any atom is 0.337 e. The highest BCUT2D eigenvalue weighted by molar-refractivity contribution is 6.53. The average Bonchev–Trinajstić information content (AvgIpc) is 3.06. The molecule has 0 spiro atoms. The van der Waals surface area contributed by atoms with Crippen LogP contribution in [0.1, 0.15) is 31.8 Å². The number of carbonyl (C=O) groups is 4. The van der Waals surface area contributed by atoms with Crippen LogP contribution in [0, 0.1) is 13.8 Å². The Kier molecular flexibility index (Phi) is 6.89. The van der Waals surface area contributed by atoms with Gasteiger partial charge in [-0.3, -0.25) is 14.4 Å². The highest BCUT2D eigenvalue weighted by Crippen LogP contribution is 2.31. The van der Waals surface area contributed by atoms with Crippen LogP contribution in [-0.4, -0.2) is 30.8 Å². The molecule has 0 fully saturated rings. The molecule has 3 amide bonds. The Labute approximate surface area is 212 Å². The van der Waals surface area contributed by atoms with Crippen molar-refractivity contribution in [3.63, 3.8) is 0 Å². The van der Waals surface area contributed by atoms with Gasteiger partial charge in [-0.2, -0.15) is 0 Å². The molecule has 0 saturated carbocycles. The number of aryl methyl sites for hydroxylation is 2. The predicted molar refractivity (Wildman–Crippen MR) is 137 cm³/mol. The molecule has 8 nitrogen and oxygen atoms in total. The fraction of sp³-hybridized carbons (Fsp3) is 0.111. The molecule has 3 aromatic carbocycles. The summed E-state index contributed by atoms with van der Waals surface area (Å²) in [7, 11) is 1.23.